The third-order valence-electron chi connectivity index (χ3n) is 4.75. The number of hydrogen-bond donors (Lipinski definition) is 0. The van der Waals surface area contributed by atoms with Gasteiger partial charge in [-0.25, -0.2) is 4.79 Å². The number of carbonyl (C=O) groups excluding carboxylic acids is 2. The maximum absolute atomic E-state index is 12.4. The van der Waals surface area contributed by atoms with E-state index in [1.54, 1.807) is 4.90 Å². The van der Waals surface area contributed by atoms with Gasteiger partial charge in [0.2, 0.25) is 0 Å². The van der Waals surface area contributed by atoms with E-state index in [1.807, 2.05) is 27.7 Å². The molecule has 3 unspecified atom stereocenters. The monoisotopic (exact) mass is 361 g/mol. The summed E-state index contributed by atoms with van der Waals surface area (Å²) in [6.07, 6.45) is 2.40. The normalized spacial score (nSPS) is 29.0. The van der Waals surface area contributed by atoms with Gasteiger partial charge in [-0.15, -0.1) is 10.3 Å². The van der Waals surface area contributed by atoms with Crippen molar-refractivity contribution in [3.8, 4) is 0 Å². The third-order valence-corrected chi connectivity index (χ3v) is 9.10. The summed E-state index contributed by atoms with van der Waals surface area (Å²) in [7, 11) is -1.38. The van der Waals surface area contributed by atoms with Gasteiger partial charge in [-0.2, -0.15) is 0 Å². The molecule has 0 aromatic carbocycles. The number of likely N-dealkylation sites (tertiary alicyclic amines) is 1. The Morgan fingerprint density at radius 2 is 1.83 bits per heavy atom. The van der Waals surface area contributed by atoms with Gasteiger partial charge in [-0.05, 0) is 39.7 Å². The van der Waals surface area contributed by atoms with E-state index in [1.165, 1.54) is 0 Å². The molecule has 0 spiro atoms. The highest BCUT2D eigenvalue weighted by Crippen LogP contribution is 2.59. The molecule has 0 N–H and O–H groups in total. The summed E-state index contributed by atoms with van der Waals surface area (Å²) in [5.74, 6) is 0.911. The summed E-state index contributed by atoms with van der Waals surface area (Å²) in [5.41, 5.74) is -1.26. The first-order chi connectivity index (χ1) is 10.7. The Labute approximate surface area is 149 Å². The second-order valence-corrected chi connectivity index (χ2v) is 13.0. The molecule has 1 heterocycles. The van der Waals surface area contributed by atoms with Crippen molar-refractivity contribution in [3.05, 3.63) is 0 Å². The van der Waals surface area contributed by atoms with Crippen LogP contribution in [0.2, 0.25) is 0 Å². The van der Waals surface area contributed by atoms with Crippen molar-refractivity contribution >= 4 is 22.7 Å². The Morgan fingerprint density at radius 3 is 2.21 bits per heavy atom. The van der Waals surface area contributed by atoms with Crippen LogP contribution in [0.1, 0.15) is 55.4 Å². The van der Waals surface area contributed by atoms with Crippen LogP contribution in [0.4, 0.5) is 4.79 Å². The van der Waals surface area contributed by atoms with Crippen molar-refractivity contribution in [2.75, 3.05) is 25.1 Å². The summed E-state index contributed by atoms with van der Waals surface area (Å²) >= 11 is 0. The second kappa shape index (κ2) is 6.87. The molecule has 1 amide bonds. The number of ether oxygens (including phenoxy) is 1. The predicted octanol–water partition coefficient (Wildman–Crippen LogP) is 4.00. The molecule has 6 heteroatoms. The van der Waals surface area contributed by atoms with Gasteiger partial charge in [0, 0.05) is 11.3 Å². The maximum atomic E-state index is 12.4. The van der Waals surface area contributed by atoms with E-state index in [-0.39, 0.29) is 16.9 Å². The molecule has 24 heavy (non-hydrogen) atoms. The van der Waals surface area contributed by atoms with E-state index >= 15 is 0 Å². The molecule has 5 nitrogen and oxygen atoms in total. The van der Waals surface area contributed by atoms with Gasteiger partial charge in [0.1, 0.15) is 18.0 Å². The minimum atomic E-state index is -1.38. The summed E-state index contributed by atoms with van der Waals surface area (Å²) in [4.78, 5) is 25.7. The van der Waals surface area contributed by atoms with Gasteiger partial charge in [-0.3, -0.25) is 0 Å². The molecule has 0 saturated carbocycles. The molecule has 0 bridgehead atoms. The van der Waals surface area contributed by atoms with E-state index < -0.39 is 21.3 Å². The van der Waals surface area contributed by atoms with E-state index in [4.69, 9.17) is 8.92 Å². The topological polar surface area (TPSA) is 55.8 Å². The van der Waals surface area contributed by atoms with E-state index in [0.717, 1.165) is 12.0 Å². The Balaban J connectivity index is 2.99. The fourth-order valence-corrected chi connectivity index (χ4v) is 4.69. The zero-order valence-electron chi connectivity index (χ0n) is 16.8. The van der Waals surface area contributed by atoms with Crippen LogP contribution < -0.4 is 0 Å². The first-order valence-electron chi connectivity index (χ1n) is 8.55. The minimum absolute atomic E-state index is 0.00484. The number of nitrogens with zero attached hydrogens (tertiary/aromatic N) is 1. The maximum Gasteiger partial charge on any atom is 0.410 e. The predicted molar refractivity (Wildman–Crippen MR) is 101 cm³/mol. The largest absolute Gasteiger partial charge is 0.444 e. The average molecular weight is 362 g/mol. The molecule has 1 aliphatic rings. The molecule has 1 rings (SSSR count). The first kappa shape index (κ1) is 21.3. The van der Waals surface area contributed by atoms with Crippen molar-refractivity contribution in [1.29, 1.82) is 0 Å². The molecule has 0 aromatic heterocycles. The number of aldehydes is 1. The van der Waals surface area contributed by atoms with Crippen LogP contribution >= 0.6 is 10.3 Å². The van der Waals surface area contributed by atoms with Crippen molar-refractivity contribution in [2.45, 2.75) is 71.8 Å². The zero-order valence-corrected chi connectivity index (χ0v) is 17.6. The van der Waals surface area contributed by atoms with Crippen LogP contribution in [0, 0.1) is 5.41 Å². The molecule has 0 radical (unpaired) electrons. The van der Waals surface area contributed by atoms with Crippen molar-refractivity contribution in [3.63, 3.8) is 0 Å². The second-order valence-electron chi connectivity index (χ2n) is 8.98. The Kier molecular flexibility index (Phi) is 6.09. The molecular formula is C18H35NO4S. The lowest BCUT2D eigenvalue weighted by molar-refractivity contribution is -0.117. The molecule has 3 atom stereocenters. The lowest BCUT2D eigenvalue weighted by Crippen LogP contribution is -2.39. The third kappa shape index (κ3) is 4.66. The average Bonchev–Trinajstić information content (AvgIpc) is 2.73. The van der Waals surface area contributed by atoms with Gasteiger partial charge in [0.25, 0.3) is 0 Å². The van der Waals surface area contributed by atoms with Gasteiger partial charge in [0.05, 0.1) is 12.0 Å². The number of carbonyl (C=O) groups is 2. The van der Waals surface area contributed by atoms with Crippen LogP contribution in [-0.2, 0) is 13.7 Å². The quantitative estimate of drug-likeness (QED) is 0.710. The summed E-state index contributed by atoms with van der Waals surface area (Å²) in [6.45, 7) is 16.7. The van der Waals surface area contributed by atoms with Crippen molar-refractivity contribution in [2.24, 2.45) is 5.41 Å². The van der Waals surface area contributed by atoms with Gasteiger partial charge >= 0.3 is 6.09 Å². The SMILES string of the molecule is CCS(C)(OC1CN(C(=O)OC(C)(C)C)CC1(C)C=O)C(C)(C)C. The highest BCUT2D eigenvalue weighted by molar-refractivity contribution is 8.30. The van der Waals surface area contributed by atoms with E-state index in [0.29, 0.717) is 13.1 Å². The number of rotatable bonds is 4. The molecular weight excluding hydrogens is 326 g/mol. The lowest BCUT2D eigenvalue weighted by Gasteiger charge is -2.49. The van der Waals surface area contributed by atoms with Crippen LogP contribution in [-0.4, -0.2) is 58.8 Å². The Hall–Kier alpha value is -0.750. The number of amides is 1. The first-order valence-corrected chi connectivity index (χ1v) is 10.7. The molecule has 1 fully saturated rings. The van der Waals surface area contributed by atoms with Crippen LogP contribution in [0.3, 0.4) is 0 Å². The standard InChI is InChI=1S/C18H35NO4S/c1-10-24(9,17(5,6)7)23-14-11-19(12-18(14,8)13-20)15(21)22-16(2,3)4/h13-14H,10-12H2,1-9H3. The fraction of sp³-hybridized carbons (Fsp3) is 0.889. The Morgan fingerprint density at radius 1 is 1.29 bits per heavy atom. The molecule has 1 aliphatic heterocycles. The van der Waals surface area contributed by atoms with Crippen molar-refractivity contribution < 1.29 is 18.5 Å². The van der Waals surface area contributed by atoms with Gasteiger partial charge in [0.15, 0.2) is 0 Å². The van der Waals surface area contributed by atoms with E-state index in [2.05, 4.69) is 34.0 Å². The fourth-order valence-electron chi connectivity index (χ4n) is 2.61. The summed E-state index contributed by atoms with van der Waals surface area (Å²) < 4.78 is 12.0. The van der Waals surface area contributed by atoms with Gasteiger partial charge < -0.3 is 18.6 Å². The smallest absolute Gasteiger partial charge is 0.410 e. The van der Waals surface area contributed by atoms with E-state index in [9.17, 15) is 9.59 Å². The molecule has 142 valence electrons. The molecule has 0 aliphatic carbocycles. The summed E-state index contributed by atoms with van der Waals surface area (Å²) in [6, 6.07) is 0. The number of hydrogen-bond acceptors (Lipinski definition) is 4. The zero-order chi connectivity index (χ0) is 19.0. The summed E-state index contributed by atoms with van der Waals surface area (Å²) in [5, 5.41) is 0. The van der Waals surface area contributed by atoms with Crippen LogP contribution in [0.5, 0.6) is 0 Å². The van der Waals surface area contributed by atoms with Gasteiger partial charge in [-0.1, -0.05) is 27.7 Å². The highest BCUT2D eigenvalue weighted by Gasteiger charge is 2.49. The highest BCUT2D eigenvalue weighted by atomic mass is 32.3. The van der Waals surface area contributed by atoms with Crippen molar-refractivity contribution in [1.82, 2.24) is 4.90 Å². The lowest BCUT2D eigenvalue weighted by atomic mass is 9.89. The van der Waals surface area contributed by atoms with Crippen LogP contribution in [0.15, 0.2) is 0 Å². The van der Waals surface area contributed by atoms with Crippen LogP contribution in [0.25, 0.3) is 0 Å². The minimum Gasteiger partial charge on any atom is -0.444 e. The molecule has 1 saturated heterocycles. The molecule has 0 aromatic rings. The Bertz CT molecular complexity index is 482.